The van der Waals surface area contributed by atoms with E-state index in [2.05, 4.69) is 0 Å². The van der Waals surface area contributed by atoms with Crippen molar-refractivity contribution in [2.75, 3.05) is 12.4 Å². The van der Waals surface area contributed by atoms with Gasteiger partial charge in [0, 0.05) is 17.6 Å². The second-order valence-corrected chi connectivity index (χ2v) is 6.76. The first-order valence-electron chi connectivity index (χ1n) is 6.60. The molecule has 0 amide bonds. The fourth-order valence-electron chi connectivity index (χ4n) is 2.84. The van der Waals surface area contributed by atoms with Gasteiger partial charge in [0.15, 0.2) is 0 Å². The summed E-state index contributed by atoms with van der Waals surface area (Å²) in [6.07, 6.45) is 7.21. The molecule has 98 valence electrons. The molecule has 17 heavy (non-hydrogen) atoms. The molecule has 2 unspecified atom stereocenters. The second-order valence-electron chi connectivity index (χ2n) is 5.43. The molecule has 1 saturated heterocycles. The number of rotatable bonds is 4. The third-order valence-electron chi connectivity index (χ3n) is 3.97. The summed E-state index contributed by atoms with van der Waals surface area (Å²) in [6.45, 7) is 2.65. The molecule has 2 aliphatic rings. The van der Waals surface area contributed by atoms with Crippen LogP contribution in [0.4, 0.5) is 0 Å². The van der Waals surface area contributed by atoms with Crippen molar-refractivity contribution in [2.45, 2.75) is 56.3 Å². The van der Waals surface area contributed by atoms with Gasteiger partial charge in [0.05, 0.1) is 11.5 Å². The third-order valence-corrected chi connectivity index (χ3v) is 5.53. The van der Waals surface area contributed by atoms with E-state index in [0.717, 1.165) is 25.2 Å². The SMILES string of the molecule is CC(CSC1CCOC2(CCCC2)C1)C(=O)O. The van der Waals surface area contributed by atoms with Crippen molar-refractivity contribution in [2.24, 2.45) is 5.92 Å². The van der Waals surface area contributed by atoms with E-state index in [1.807, 2.05) is 11.8 Å². The van der Waals surface area contributed by atoms with Crippen molar-refractivity contribution in [1.29, 1.82) is 0 Å². The van der Waals surface area contributed by atoms with Crippen LogP contribution >= 0.6 is 11.8 Å². The topological polar surface area (TPSA) is 46.5 Å². The molecule has 2 atom stereocenters. The number of thioether (sulfide) groups is 1. The Hall–Kier alpha value is -0.220. The van der Waals surface area contributed by atoms with E-state index in [9.17, 15) is 4.79 Å². The van der Waals surface area contributed by atoms with Crippen LogP contribution in [-0.4, -0.2) is 34.3 Å². The van der Waals surface area contributed by atoms with Gasteiger partial charge in [-0.1, -0.05) is 19.8 Å². The lowest BCUT2D eigenvalue weighted by Crippen LogP contribution is -2.38. The van der Waals surface area contributed by atoms with Crippen LogP contribution in [0.1, 0.15) is 45.4 Å². The lowest BCUT2D eigenvalue weighted by molar-refractivity contribution is -0.140. The van der Waals surface area contributed by atoms with Gasteiger partial charge in [-0.15, -0.1) is 0 Å². The fourth-order valence-corrected chi connectivity index (χ4v) is 4.23. The molecule has 1 aliphatic heterocycles. The summed E-state index contributed by atoms with van der Waals surface area (Å²) in [5.41, 5.74) is 0.155. The largest absolute Gasteiger partial charge is 0.481 e. The third kappa shape index (κ3) is 3.38. The molecule has 0 aromatic carbocycles. The number of hydrogen-bond donors (Lipinski definition) is 1. The number of carbonyl (C=O) groups is 1. The quantitative estimate of drug-likeness (QED) is 0.842. The molecule has 2 fully saturated rings. The maximum atomic E-state index is 10.8. The molecule has 1 heterocycles. The number of ether oxygens (including phenoxy) is 1. The van der Waals surface area contributed by atoms with Crippen molar-refractivity contribution >= 4 is 17.7 Å². The predicted octanol–water partition coefficient (Wildman–Crippen LogP) is 2.93. The summed E-state index contributed by atoms with van der Waals surface area (Å²) in [7, 11) is 0. The van der Waals surface area contributed by atoms with Crippen molar-refractivity contribution in [3.05, 3.63) is 0 Å². The van der Waals surface area contributed by atoms with Crippen LogP contribution in [0.2, 0.25) is 0 Å². The van der Waals surface area contributed by atoms with Crippen LogP contribution < -0.4 is 0 Å². The zero-order chi connectivity index (χ0) is 12.3. The summed E-state index contributed by atoms with van der Waals surface area (Å²) in [6, 6.07) is 0. The molecule has 1 saturated carbocycles. The number of carboxylic acid groups (broad SMARTS) is 1. The summed E-state index contributed by atoms with van der Waals surface area (Å²) in [5, 5.41) is 9.48. The van der Waals surface area contributed by atoms with E-state index in [-0.39, 0.29) is 11.5 Å². The van der Waals surface area contributed by atoms with E-state index in [1.54, 1.807) is 6.92 Å². The van der Waals surface area contributed by atoms with E-state index in [4.69, 9.17) is 9.84 Å². The van der Waals surface area contributed by atoms with Crippen molar-refractivity contribution < 1.29 is 14.6 Å². The van der Waals surface area contributed by atoms with Crippen LogP contribution in [-0.2, 0) is 9.53 Å². The van der Waals surface area contributed by atoms with Gasteiger partial charge in [0.1, 0.15) is 0 Å². The first kappa shape index (κ1) is 13.2. The van der Waals surface area contributed by atoms with Crippen LogP contribution in [0.5, 0.6) is 0 Å². The summed E-state index contributed by atoms with van der Waals surface area (Å²) < 4.78 is 5.98. The van der Waals surface area contributed by atoms with Gasteiger partial charge >= 0.3 is 5.97 Å². The summed E-state index contributed by atoms with van der Waals surface area (Å²) in [5.74, 6) is -0.182. The number of hydrogen-bond acceptors (Lipinski definition) is 3. The highest BCUT2D eigenvalue weighted by Crippen LogP contribution is 2.43. The maximum absolute atomic E-state index is 10.8. The molecule has 0 bridgehead atoms. The van der Waals surface area contributed by atoms with Gasteiger partial charge in [-0.25, -0.2) is 0 Å². The minimum atomic E-state index is -0.680. The second kappa shape index (κ2) is 5.61. The van der Waals surface area contributed by atoms with Gasteiger partial charge in [0.25, 0.3) is 0 Å². The Bertz CT molecular complexity index is 274. The Morgan fingerprint density at radius 3 is 2.88 bits per heavy atom. The first-order valence-corrected chi connectivity index (χ1v) is 7.65. The standard InChI is InChI=1S/C13H22O3S/c1-10(12(14)15)9-17-11-4-7-16-13(8-11)5-2-3-6-13/h10-11H,2-9H2,1H3,(H,14,15). The van der Waals surface area contributed by atoms with Gasteiger partial charge < -0.3 is 9.84 Å². The predicted molar refractivity (Wildman–Crippen MR) is 69.4 cm³/mol. The van der Waals surface area contributed by atoms with Crippen molar-refractivity contribution in [3.63, 3.8) is 0 Å². The van der Waals surface area contributed by atoms with Crippen LogP contribution in [0, 0.1) is 5.92 Å². The number of carboxylic acids is 1. The van der Waals surface area contributed by atoms with Crippen molar-refractivity contribution in [3.8, 4) is 0 Å². The highest BCUT2D eigenvalue weighted by Gasteiger charge is 2.40. The summed E-state index contributed by atoms with van der Waals surface area (Å²) in [4.78, 5) is 10.8. The first-order chi connectivity index (χ1) is 8.11. The smallest absolute Gasteiger partial charge is 0.307 e. The average Bonchev–Trinajstić information content (AvgIpc) is 2.74. The van der Waals surface area contributed by atoms with Crippen LogP contribution in [0.3, 0.4) is 0 Å². The fraction of sp³-hybridized carbons (Fsp3) is 0.923. The van der Waals surface area contributed by atoms with Crippen LogP contribution in [0.15, 0.2) is 0 Å². The molecule has 1 spiro atoms. The molecule has 4 heteroatoms. The minimum Gasteiger partial charge on any atom is -0.481 e. The molecular formula is C13H22O3S. The molecular weight excluding hydrogens is 236 g/mol. The molecule has 3 nitrogen and oxygen atoms in total. The minimum absolute atomic E-state index is 0.155. The van der Waals surface area contributed by atoms with E-state index in [0.29, 0.717) is 5.25 Å². The van der Waals surface area contributed by atoms with Crippen LogP contribution in [0.25, 0.3) is 0 Å². The highest BCUT2D eigenvalue weighted by molar-refractivity contribution is 7.99. The Labute approximate surface area is 107 Å². The molecule has 1 N–H and O–H groups in total. The Kier molecular flexibility index (Phi) is 4.36. The zero-order valence-corrected chi connectivity index (χ0v) is 11.3. The van der Waals surface area contributed by atoms with Gasteiger partial charge in [-0.05, 0) is 25.7 Å². The Morgan fingerprint density at radius 2 is 2.24 bits per heavy atom. The molecule has 0 radical (unpaired) electrons. The highest BCUT2D eigenvalue weighted by atomic mass is 32.2. The molecule has 0 aromatic heterocycles. The van der Waals surface area contributed by atoms with Gasteiger partial charge in [-0.2, -0.15) is 11.8 Å². The molecule has 2 rings (SSSR count). The lowest BCUT2D eigenvalue weighted by atomic mass is 9.92. The van der Waals surface area contributed by atoms with E-state index in [1.165, 1.54) is 25.7 Å². The normalized spacial score (nSPS) is 29.4. The Balaban J connectivity index is 1.79. The van der Waals surface area contributed by atoms with Gasteiger partial charge in [0.2, 0.25) is 0 Å². The maximum Gasteiger partial charge on any atom is 0.307 e. The number of aliphatic carboxylic acids is 1. The average molecular weight is 258 g/mol. The molecule has 0 aromatic rings. The van der Waals surface area contributed by atoms with Crippen molar-refractivity contribution in [1.82, 2.24) is 0 Å². The zero-order valence-electron chi connectivity index (χ0n) is 10.5. The monoisotopic (exact) mass is 258 g/mol. The van der Waals surface area contributed by atoms with Gasteiger partial charge in [-0.3, -0.25) is 4.79 Å². The van der Waals surface area contributed by atoms with E-state index < -0.39 is 5.97 Å². The summed E-state index contributed by atoms with van der Waals surface area (Å²) >= 11 is 1.83. The van der Waals surface area contributed by atoms with E-state index >= 15 is 0 Å². The lowest BCUT2D eigenvalue weighted by Gasteiger charge is -2.38. The Morgan fingerprint density at radius 1 is 1.53 bits per heavy atom. The molecule has 1 aliphatic carbocycles.